The number of ether oxygens (including phenoxy) is 8. The molecule has 3 heterocycles. The molecule has 19 heteroatoms. The maximum absolute atomic E-state index is 13.7. The molecule has 3 aliphatic rings. The second-order valence-electron chi connectivity index (χ2n) is 25.7. The van der Waals surface area contributed by atoms with Crippen LogP contribution in [0, 0.1) is 17.8 Å². The zero-order valence-corrected chi connectivity index (χ0v) is 60.7. The normalized spacial score (nSPS) is 13.8. The van der Waals surface area contributed by atoms with Crippen molar-refractivity contribution in [2.45, 2.75) is 132 Å². The van der Waals surface area contributed by atoms with E-state index in [0.29, 0.717) is 121 Å². The van der Waals surface area contributed by atoms with Gasteiger partial charge in [0.15, 0.2) is 0 Å². The predicted octanol–water partition coefficient (Wildman–Crippen LogP) is 16.7. The van der Waals surface area contributed by atoms with Crippen LogP contribution >= 0.6 is 0 Å². The monoisotopic (exact) mass is 1380 g/mol. The minimum Gasteiger partial charge on any atom is -0.497 e. The fraction of sp³-hybridized carbons (Fsp3) is 0.415. The first-order valence-electron chi connectivity index (χ1n) is 35.3. The molecule has 7 aromatic carbocycles. The van der Waals surface area contributed by atoms with Gasteiger partial charge in [0.2, 0.25) is 0 Å². The summed E-state index contributed by atoms with van der Waals surface area (Å²) in [7, 11) is 6.39. The largest absolute Gasteiger partial charge is 0.497 e. The maximum Gasteiger partial charge on any atom is 0.333 e. The molecule has 3 aliphatic heterocycles. The number of carbonyl (C=O) groups is 8. The fourth-order valence-electron chi connectivity index (χ4n) is 13.2. The smallest absolute Gasteiger partial charge is 0.333 e. The fourth-order valence-corrected chi connectivity index (χ4v) is 13.2. The van der Waals surface area contributed by atoms with E-state index in [1.54, 1.807) is 96.9 Å². The van der Waals surface area contributed by atoms with Gasteiger partial charge in [0, 0.05) is 85.7 Å². The molecule has 101 heavy (non-hydrogen) atoms. The van der Waals surface area contributed by atoms with Crippen LogP contribution in [0.5, 0.6) is 34.5 Å². The zero-order valence-electron chi connectivity index (χ0n) is 60.7. The highest BCUT2D eigenvalue weighted by atomic mass is 16.6. The molecule has 0 bridgehead atoms. The van der Waals surface area contributed by atoms with Crippen LogP contribution in [0.2, 0.25) is 0 Å². The van der Waals surface area contributed by atoms with Crippen molar-refractivity contribution in [1.82, 2.24) is 14.7 Å². The van der Waals surface area contributed by atoms with Gasteiger partial charge in [0.1, 0.15) is 60.9 Å². The lowest BCUT2D eigenvalue weighted by molar-refractivity contribution is -0.140. The molecule has 0 radical (unpaired) electrons. The highest BCUT2D eigenvalue weighted by Crippen LogP contribution is 2.45. The number of carbonyl (C=O) groups excluding carboxylic acids is 8. The van der Waals surface area contributed by atoms with Gasteiger partial charge in [-0.3, -0.25) is 43.5 Å². The maximum atomic E-state index is 13.7. The van der Waals surface area contributed by atoms with Crippen LogP contribution in [-0.4, -0.2) is 137 Å². The van der Waals surface area contributed by atoms with Gasteiger partial charge >= 0.3 is 11.9 Å². The van der Waals surface area contributed by atoms with Gasteiger partial charge in [-0.25, -0.2) is 9.59 Å². The molecule has 3 atom stereocenters. The van der Waals surface area contributed by atoms with Crippen molar-refractivity contribution in [3.05, 3.63) is 155 Å². The van der Waals surface area contributed by atoms with Crippen molar-refractivity contribution < 1.29 is 76.3 Å². The SMILES string of the molecule is C=C(C)C(=O)OCCOc1ccc2c3c(ccc(OCCOC(=O)C(=C)C)c13)C(=O)N(CC(CC)CCCC)C2=O.CCCCC(CC)CN1C(=O)c2ccc(OC)c3c(-c4ccc(OC)cc4)ccc(c23)C1=O.CCCCC(CC)CN1C(=O)c2ccc(OC)c3c(OC)ccc(c23)C1=O. The van der Waals surface area contributed by atoms with Crippen LogP contribution in [0.15, 0.2) is 121 Å². The molecular formula is C82H97N3O16. The predicted molar refractivity (Wildman–Crippen MR) is 392 cm³/mol. The quantitative estimate of drug-likeness (QED) is 0.0162. The van der Waals surface area contributed by atoms with Crippen molar-refractivity contribution in [2.75, 3.05) is 74.5 Å². The lowest BCUT2D eigenvalue weighted by Crippen LogP contribution is -2.43. The van der Waals surface area contributed by atoms with E-state index in [4.69, 9.17) is 37.9 Å². The third-order valence-corrected chi connectivity index (χ3v) is 19.0. The van der Waals surface area contributed by atoms with E-state index in [-0.39, 0.29) is 78.9 Å². The van der Waals surface area contributed by atoms with Gasteiger partial charge in [-0.2, -0.15) is 0 Å². The highest BCUT2D eigenvalue weighted by Gasteiger charge is 2.39. The number of imide groups is 3. The molecule has 6 amide bonds. The summed E-state index contributed by atoms with van der Waals surface area (Å²) in [5, 5.41) is 3.64. The Bertz CT molecular complexity index is 4080. The molecule has 7 aromatic rings. The summed E-state index contributed by atoms with van der Waals surface area (Å²) in [5.41, 5.74) is 5.36. The first kappa shape index (κ1) is 76.7. The highest BCUT2D eigenvalue weighted by molar-refractivity contribution is 6.29. The van der Waals surface area contributed by atoms with Crippen LogP contribution in [0.25, 0.3) is 43.4 Å². The molecule has 536 valence electrons. The number of esters is 2. The van der Waals surface area contributed by atoms with E-state index in [1.165, 1.54) is 14.7 Å². The molecule has 0 spiro atoms. The van der Waals surface area contributed by atoms with Gasteiger partial charge in [-0.1, -0.05) is 131 Å². The van der Waals surface area contributed by atoms with Gasteiger partial charge in [-0.05, 0) is 141 Å². The van der Waals surface area contributed by atoms with E-state index < -0.39 is 11.9 Å². The molecule has 0 aromatic heterocycles. The topological polar surface area (TPSA) is 220 Å². The lowest BCUT2D eigenvalue weighted by atomic mass is 9.87. The zero-order chi connectivity index (χ0) is 73.2. The Balaban J connectivity index is 0.000000197. The Morgan fingerprint density at radius 3 is 0.941 bits per heavy atom. The standard InChI is InChI=1S/C32H39NO8.C28H31NO4.C22H27NO4/c1-7-9-10-22(8-2)19-33-29(34)23-11-13-25(38-15-17-40-31(36)20(3)4)28-26(14-12-24(27(23)28)30(33)35)39-16-18-41-32(37)21(5)6;1-5-7-8-18(6-2)17-29-27(30)22-14-13-21(19-9-11-20(32-3)12-10-19)26-24(33-4)16-15-23(25(22)26)28(29)31;1-5-7-8-14(6-2)13-23-21(24)15-9-11-17(26-3)20-18(27-4)12-10-16(19(15)20)22(23)25/h11-14,22H,3,5,7-10,15-19H2,1-2,4,6H3;9-16,18H,5-8,17H2,1-4H3;9-12,14H,5-8,13H2,1-4H3. The lowest BCUT2D eigenvalue weighted by Gasteiger charge is -2.31. The Kier molecular flexibility index (Phi) is 27.2. The van der Waals surface area contributed by atoms with Gasteiger partial charge in [-0.15, -0.1) is 0 Å². The van der Waals surface area contributed by atoms with Crippen molar-refractivity contribution in [2.24, 2.45) is 17.8 Å². The first-order chi connectivity index (χ1) is 48.7. The Morgan fingerprint density at radius 1 is 0.356 bits per heavy atom. The second-order valence-corrected chi connectivity index (χ2v) is 25.7. The molecule has 0 saturated heterocycles. The minimum absolute atomic E-state index is 0.0243. The van der Waals surface area contributed by atoms with E-state index in [9.17, 15) is 38.4 Å². The van der Waals surface area contributed by atoms with E-state index in [1.807, 2.05) is 42.5 Å². The van der Waals surface area contributed by atoms with Crippen LogP contribution < -0.4 is 28.4 Å². The number of benzene rings is 7. The number of amides is 6. The summed E-state index contributed by atoms with van der Waals surface area (Å²) in [4.78, 5) is 108. The van der Waals surface area contributed by atoms with Crippen LogP contribution in [0.4, 0.5) is 0 Å². The molecular weight excluding hydrogens is 1280 g/mol. The number of nitrogens with zero attached hydrogens (tertiary/aromatic N) is 3. The number of rotatable bonds is 33. The van der Waals surface area contributed by atoms with Gasteiger partial charge < -0.3 is 37.9 Å². The minimum atomic E-state index is -0.528. The first-order valence-corrected chi connectivity index (χ1v) is 35.3. The second kappa shape index (κ2) is 35.8. The molecule has 0 aliphatic carbocycles. The van der Waals surface area contributed by atoms with Crippen molar-refractivity contribution in [1.29, 1.82) is 0 Å². The number of methoxy groups -OCH3 is 4. The molecule has 10 rings (SSSR count). The number of hydrogen-bond acceptors (Lipinski definition) is 16. The summed E-state index contributed by atoms with van der Waals surface area (Å²) in [6.07, 6.45) is 12.2. The third-order valence-electron chi connectivity index (χ3n) is 19.0. The number of hydrogen-bond donors (Lipinski definition) is 0. The van der Waals surface area contributed by atoms with E-state index >= 15 is 0 Å². The Morgan fingerprint density at radius 2 is 0.644 bits per heavy atom. The average molecular weight is 1380 g/mol. The van der Waals surface area contributed by atoms with Crippen LogP contribution in [0.3, 0.4) is 0 Å². The molecule has 0 saturated carbocycles. The summed E-state index contributed by atoms with van der Waals surface area (Å²) >= 11 is 0. The van der Waals surface area contributed by atoms with Crippen LogP contribution in [0.1, 0.15) is 195 Å². The van der Waals surface area contributed by atoms with Crippen molar-refractivity contribution >= 4 is 79.7 Å². The van der Waals surface area contributed by atoms with Crippen molar-refractivity contribution in [3.8, 4) is 45.6 Å². The van der Waals surface area contributed by atoms with Gasteiger partial charge in [0.25, 0.3) is 35.4 Å². The van der Waals surface area contributed by atoms with Gasteiger partial charge in [0.05, 0.1) is 39.2 Å². The third kappa shape index (κ3) is 17.1. The molecule has 0 fully saturated rings. The van der Waals surface area contributed by atoms with E-state index in [2.05, 4.69) is 54.7 Å². The average Bonchev–Trinajstić information content (AvgIpc) is 0.747. The summed E-state index contributed by atoms with van der Waals surface area (Å²) in [6.45, 7) is 24.2. The molecule has 0 N–H and O–H groups in total. The Hall–Kier alpha value is -10.0. The summed E-state index contributed by atoms with van der Waals surface area (Å²) in [6, 6.07) is 28.8. The summed E-state index contributed by atoms with van der Waals surface area (Å²) < 4.78 is 44.0. The summed E-state index contributed by atoms with van der Waals surface area (Å²) in [5.74, 6) is 1.47. The number of unbranched alkanes of at least 4 members (excludes halogenated alkanes) is 3. The van der Waals surface area contributed by atoms with E-state index in [0.717, 1.165) is 99.3 Å². The Labute approximate surface area is 593 Å². The molecule has 3 unspecified atom stereocenters. The molecule has 19 nitrogen and oxygen atoms in total. The van der Waals surface area contributed by atoms with Crippen molar-refractivity contribution in [3.63, 3.8) is 0 Å². The van der Waals surface area contributed by atoms with Crippen LogP contribution in [-0.2, 0) is 19.1 Å².